The van der Waals surface area contributed by atoms with Gasteiger partial charge in [0.25, 0.3) is 0 Å². The zero-order valence-electron chi connectivity index (χ0n) is 9.90. The van der Waals surface area contributed by atoms with Crippen molar-refractivity contribution in [2.24, 2.45) is 0 Å². The van der Waals surface area contributed by atoms with Crippen LogP contribution in [0, 0.1) is 17.0 Å². The third-order valence-electron chi connectivity index (χ3n) is 2.66. The molecule has 2 heterocycles. The molecule has 0 bridgehead atoms. The van der Waals surface area contributed by atoms with Gasteiger partial charge in [-0.1, -0.05) is 0 Å². The topological polar surface area (TPSA) is 103 Å². The molecular weight excluding hydrogens is 242 g/mol. The summed E-state index contributed by atoms with van der Waals surface area (Å²) < 4.78 is 6.39. The third kappa shape index (κ3) is 2.62. The highest BCUT2D eigenvalue weighted by Gasteiger charge is 2.23. The molecule has 1 aliphatic heterocycles. The number of amides is 1. The smallest absolute Gasteiger partial charge is 0.390 e. The number of hydrogen-bond acceptors (Lipinski definition) is 6. The summed E-state index contributed by atoms with van der Waals surface area (Å²) in [6.45, 7) is 3.65. The minimum absolute atomic E-state index is 0.0350. The lowest BCUT2D eigenvalue weighted by Gasteiger charge is -2.26. The Morgan fingerprint density at radius 3 is 2.72 bits per heavy atom. The maximum atomic E-state index is 11.9. The van der Waals surface area contributed by atoms with Gasteiger partial charge in [-0.25, -0.2) is 0 Å². The number of aromatic nitrogens is 3. The van der Waals surface area contributed by atoms with Crippen LogP contribution in [0.25, 0.3) is 0 Å². The molecule has 0 unspecified atom stereocenters. The van der Waals surface area contributed by atoms with Gasteiger partial charge in [0.2, 0.25) is 11.7 Å². The molecule has 0 aliphatic carbocycles. The molecule has 0 N–H and O–H groups in total. The highest BCUT2D eigenvalue weighted by atomic mass is 16.6. The number of morpholine rings is 1. The molecule has 0 aromatic carbocycles. The zero-order valence-corrected chi connectivity index (χ0v) is 9.90. The highest BCUT2D eigenvalue weighted by Crippen LogP contribution is 2.06. The van der Waals surface area contributed by atoms with E-state index in [1.807, 2.05) is 0 Å². The van der Waals surface area contributed by atoms with Crippen molar-refractivity contribution in [2.45, 2.75) is 13.5 Å². The van der Waals surface area contributed by atoms with E-state index in [9.17, 15) is 14.9 Å². The summed E-state index contributed by atoms with van der Waals surface area (Å²) in [5, 5.41) is 14.2. The van der Waals surface area contributed by atoms with Crippen LogP contribution >= 0.6 is 0 Å². The van der Waals surface area contributed by atoms with Crippen LogP contribution < -0.4 is 0 Å². The predicted molar refractivity (Wildman–Crippen MR) is 58.8 cm³/mol. The molecule has 98 valence electrons. The fourth-order valence-electron chi connectivity index (χ4n) is 1.67. The summed E-state index contributed by atoms with van der Waals surface area (Å²) in [4.78, 5) is 27.1. The van der Waals surface area contributed by atoms with E-state index in [4.69, 9.17) is 4.74 Å². The first-order valence-electron chi connectivity index (χ1n) is 5.49. The maximum absolute atomic E-state index is 11.9. The van der Waals surface area contributed by atoms with Crippen LogP contribution in [0.15, 0.2) is 0 Å². The lowest BCUT2D eigenvalue weighted by Crippen LogP contribution is -2.42. The average molecular weight is 255 g/mol. The Morgan fingerprint density at radius 1 is 1.50 bits per heavy atom. The number of ether oxygens (including phenoxy) is 1. The average Bonchev–Trinajstić information content (AvgIpc) is 2.72. The van der Waals surface area contributed by atoms with Gasteiger partial charge in [-0.15, -0.1) is 0 Å². The molecule has 0 saturated carbocycles. The largest absolute Gasteiger partial charge is 0.491 e. The molecule has 1 aliphatic rings. The summed E-state index contributed by atoms with van der Waals surface area (Å²) >= 11 is 0. The van der Waals surface area contributed by atoms with E-state index < -0.39 is 10.9 Å². The molecular formula is C9H13N5O4. The molecule has 1 fully saturated rings. The Kier molecular flexibility index (Phi) is 3.51. The van der Waals surface area contributed by atoms with Gasteiger partial charge in [0, 0.05) is 25.1 Å². The second-order valence-electron chi connectivity index (χ2n) is 3.87. The minimum Gasteiger partial charge on any atom is -0.390 e. The molecule has 9 heteroatoms. The number of hydrogen-bond donors (Lipinski definition) is 0. The molecule has 0 atom stereocenters. The second-order valence-corrected chi connectivity index (χ2v) is 3.87. The van der Waals surface area contributed by atoms with Crippen LogP contribution in [0.5, 0.6) is 0 Å². The van der Waals surface area contributed by atoms with Crippen molar-refractivity contribution in [3.05, 3.63) is 15.9 Å². The van der Waals surface area contributed by atoms with Crippen LogP contribution in [-0.2, 0) is 16.1 Å². The van der Waals surface area contributed by atoms with E-state index in [2.05, 4.69) is 10.1 Å². The van der Waals surface area contributed by atoms with Crippen molar-refractivity contribution in [3.63, 3.8) is 0 Å². The molecule has 1 saturated heterocycles. The Labute approximate surface area is 102 Å². The maximum Gasteiger partial charge on any atom is 0.491 e. The molecule has 18 heavy (non-hydrogen) atoms. The molecule has 0 radical (unpaired) electrons. The molecule has 1 amide bonds. The van der Waals surface area contributed by atoms with Crippen LogP contribution in [0.3, 0.4) is 0 Å². The van der Waals surface area contributed by atoms with Crippen LogP contribution in [0.2, 0.25) is 0 Å². The number of nitro groups is 1. The number of nitrogens with zero attached hydrogens (tertiary/aromatic N) is 5. The van der Waals surface area contributed by atoms with Gasteiger partial charge in [-0.3, -0.25) is 4.79 Å². The van der Waals surface area contributed by atoms with Crippen molar-refractivity contribution in [2.75, 3.05) is 26.3 Å². The van der Waals surface area contributed by atoms with Crippen molar-refractivity contribution in [1.29, 1.82) is 0 Å². The minimum atomic E-state index is -0.678. The van der Waals surface area contributed by atoms with Crippen molar-refractivity contribution >= 4 is 11.9 Å². The molecule has 9 nitrogen and oxygen atoms in total. The lowest BCUT2D eigenvalue weighted by atomic mass is 10.4. The summed E-state index contributed by atoms with van der Waals surface area (Å²) in [7, 11) is 0. The van der Waals surface area contributed by atoms with Crippen molar-refractivity contribution < 1.29 is 14.5 Å². The SMILES string of the molecule is Cc1nc([N+](=O)[O-])nn1CC(=O)N1CCOCC1. The van der Waals surface area contributed by atoms with E-state index in [1.54, 1.807) is 11.8 Å². The van der Waals surface area contributed by atoms with Gasteiger partial charge in [0.1, 0.15) is 6.54 Å². The van der Waals surface area contributed by atoms with Gasteiger partial charge in [-0.2, -0.15) is 4.68 Å². The summed E-state index contributed by atoms with van der Waals surface area (Å²) in [6.07, 6.45) is 0. The Balaban J connectivity index is 2.04. The Hall–Kier alpha value is -2.03. The van der Waals surface area contributed by atoms with Gasteiger partial charge >= 0.3 is 5.95 Å². The first-order valence-corrected chi connectivity index (χ1v) is 5.49. The van der Waals surface area contributed by atoms with E-state index in [0.29, 0.717) is 32.1 Å². The lowest BCUT2D eigenvalue weighted by molar-refractivity contribution is -0.394. The highest BCUT2D eigenvalue weighted by molar-refractivity contribution is 5.76. The molecule has 0 spiro atoms. The van der Waals surface area contributed by atoms with Gasteiger partial charge < -0.3 is 19.8 Å². The number of carbonyl (C=O) groups is 1. The standard InChI is InChI=1S/C9H13N5O4/c1-7-10-9(14(16)17)11-13(7)6-8(15)12-2-4-18-5-3-12/h2-6H2,1H3. The third-order valence-corrected chi connectivity index (χ3v) is 2.66. The normalized spacial score (nSPS) is 15.7. The fraction of sp³-hybridized carbons (Fsp3) is 0.667. The summed E-state index contributed by atoms with van der Waals surface area (Å²) in [5.74, 6) is -0.271. The molecule has 1 aromatic heterocycles. The van der Waals surface area contributed by atoms with Gasteiger partial charge in [0.05, 0.1) is 13.2 Å². The first-order chi connectivity index (χ1) is 8.58. The van der Waals surface area contributed by atoms with Gasteiger partial charge in [0.15, 0.2) is 0 Å². The quantitative estimate of drug-likeness (QED) is 0.525. The predicted octanol–water partition coefficient (Wildman–Crippen LogP) is -0.646. The van der Waals surface area contributed by atoms with Crippen LogP contribution in [0.4, 0.5) is 5.95 Å². The molecule has 1 aromatic rings. The monoisotopic (exact) mass is 255 g/mol. The van der Waals surface area contributed by atoms with E-state index in [-0.39, 0.29) is 12.5 Å². The fourth-order valence-corrected chi connectivity index (χ4v) is 1.67. The van der Waals surface area contributed by atoms with Crippen molar-refractivity contribution in [1.82, 2.24) is 19.7 Å². The summed E-state index contributed by atoms with van der Waals surface area (Å²) in [5.41, 5.74) is 0. The van der Waals surface area contributed by atoms with E-state index >= 15 is 0 Å². The van der Waals surface area contributed by atoms with Crippen molar-refractivity contribution in [3.8, 4) is 0 Å². The Morgan fingerprint density at radius 2 is 2.17 bits per heavy atom. The molecule has 2 rings (SSSR count). The second kappa shape index (κ2) is 5.08. The number of carbonyl (C=O) groups excluding carboxylic acids is 1. The van der Waals surface area contributed by atoms with E-state index in [1.165, 1.54) is 4.68 Å². The Bertz CT molecular complexity index is 466. The van der Waals surface area contributed by atoms with E-state index in [0.717, 1.165) is 0 Å². The zero-order chi connectivity index (χ0) is 13.1. The van der Waals surface area contributed by atoms with Gasteiger partial charge in [-0.05, 0) is 9.91 Å². The summed E-state index contributed by atoms with van der Waals surface area (Å²) in [6, 6.07) is 0. The van der Waals surface area contributed by atoms with Crippen LogP contribution in [-0.4, -0.2) is 56.8 Å². The number of aryl methyl sites for hydroxylation is 1. The van der Waals surface area contributed by atoms with Crippen LogP contribution in [0.1, 0.15) is 5.82 Å². The number of rotatable bonds is 3. The first kappa shape index (κ1) is 12.4.